The SMILES string of the molecule is CC[C@H](OC)[C@@H](C)[C@H]1O[C@@H]1[C@H](O)[C@H](C)/C=C/C=C(\C)[C@@H]1O[C@H](OC)[C@H](OC)[C@@H](OC)[C@@H]1OC. The lowest BCUT2D eigenvalue weighted by molar-refractivity contribution is -0.295. The maximum atomic E-state index is 10.8. The number of methoxy groups -OCH3 is 5. The Labute approximate surface area is 199 Å². The second kappa shape index (κ2) is 13.3. The van der Waals surface area contributed by atoms with Gasteiger partial charge in [-0.2, -0.15) is 0 Å². The number of aliphatic hydroxyl groups is 1. The molecule has 192 valence electrons. The number of epoxide rings is 1. The highest BCUT2D eigenvalue weighted by Gasteiger charge is 2.50. The minimum absolute atomic E-state index is 0.0295. The Morgan fingerprint density at radius 3 is 2.06 bits per heavy atom. The summed E-state index contributed by atoms with van der Waals surface area (Å²) < 4.78 is 39.9. The first kappa shape index (κ1) is 28.4. The van der Waals surface area contributed by atoms with Crippen molar-refractivity contribution in [1.29, 1.82) is 0 Å². The molecule has 2 fully saturated rings. The van der Waals surface area contributed by atoms with Gasteiger partial charge in [0, 0.05) is 47.4 Å². The lowest BCUT2D eigenvalue weighted by Crippen LogP contribution is -2.60. The molecule has 0 saturated carbocycles. The fourth-order valence-electron chi connectivity index (χ4n) is 4.83. The zero-order chi connectivity index (χ0) is 24.7. The molecule has 2 saturated heterocycles. The first-order valence-corrected chi connectivity index (χ1v) is 11.8. The number of aliphatic hydroxyl groups excluding tert-OH is 1. The Morgan fingerprint density at radius 1 is 0.909 bits per heavy atom. The van der Waals surface area contributed by atoms with Crippen molar-refractivity contribution in [1.82, 2.24) is 0 Å². The van der Waals surface area contributed by atoms with Crippen molar-refractivity contribution < 1.29 is 38.3 Å². The van der Waals surface area contributed by atoms with E-state index in [1.165, 1.54) is 0 Å². The van der Waals surface area contributed by atoms with Crippen LogP contribution in [0, 0.1) is 11.8 Å². The van der Waals surface area contributed by atoms with Gasteiger partial charge in [-0.05, 0) is 18.9 Å². The standard InChI is InChI=1S/C25H44O8/c1-10-17(27-5)16(4)20-21(32-20)18(26)14(2)12-11-13-15(3)19-22(28-6)23(29-7)24(30-8)25(31-9)33-19/h11-14,16-26H,10H2,1-9H3/b12-11+,15-13+/t14-,16-,17+,18-,19+,20-,21-,22-,23+,24-,25+/m1/s1. The quantitative estimate of drug-likeness (QED) is 0.323. The van der Waals surface area contributed by atoms with Crippen LogP contribution in [0.3, 0.4) is 0 Å². The molecule has 2 rings (SSSR count). The highest BCUT2D eigenvalue weighted by molar-refractivity contribution is 5.19. The maximum Gasteiger partial charge on any atom is 0.186 e. The van der Waals surface area contributed by atoms with Gasteiger partial charge < -0.3 is 38.3 Å². The Kier molecular flexibility index (Phi) is 11.4. The van der Waals surface area contributed by atoms with Crippen molar-refractivity contribution in [3.8, 4) is 0 Å². The van der Waals surface area contributed by atoms with Gasteiger partial charge in [0.2, 0.25) is 0 Å². The van der Waals surface area contributed by atoms with Gasteiger partial charge in [0.05, 0.1) is 18.3 Å². The predicted molar refractivity (Wildman–Crippen MR) is 125 cm³/mol. The monoisotopic (exact) mass is 472 g/mol. The summed E-state index contributed by atoms with van der Waals surface area (Å²) in [5, 5.41) is 10.8. The fraction of sp³-hybridized carbons (Fsp3) is 0.840. The number of rotatable bonds is 13. The fourth-order valence-corrected chi connectivity index (χ4v) is 4.83. The molecule has 2 heterocycles. The van der Waals surface area contributed by atoms with Crippen LogP contribution >= 0.6 is 0 Å². The van der Waals surface area contributed by atoms with Crippen LogP contribution in [-0.2, 0) is 33.2 Å². The third-order valence-corrected chi connectivity index (χ3v) is 7.01. The topological polar surface area (TPSA) is 88.1 Å². The summed E-state index contributed by atoms with van der Waals surface area (Å²) in [5.41, 5.74) is 0.957. The van der Waals surface area contributed by atoms with Crippen LogP contribution in [0.4, 0.5) is 0 Å². The molecular weight excluding hydrogens is 428 g/mol. The molecule has 8 heteroatoms. The zero-order valence-electron chi connectivity index (χ0n) is 21.6. The predicted octanol–water partition coefficient (Wildman–Crippen LogP) is 2.73. The van der Waals surface area contributed by atoms with Crippen LogP contribution in [0.25, 0.3) is 0 Å². The summed E-state index contributed by atoms with van der Waals surface area (Å²) in [4.78, 5) is 0. The molecule has 2 aliphatic rings. The van der Waals surface area contributed by atoms with E-state index in [1.807, 2.05) is 32.1 Å². The van der Waals surface area contributed by atoms with Crippen LogP contribution in [0.15, 0.2) is 23.8 Å². The first-order valence-electron chi connectivity index (χ1n) is 11.8. The molecule has 0 radical (unpaired) electrons. The summed E-state index contributed by atoms with van der Waals surface area (Å²) in [5.74, 6) is 0.173. The number of hydrogen-bond donors (Lipinski definition) is 1. The molecule has 33 heavy (non-hydrogen) atoms. The molecule has 0 spiro atoms. The second-order valence-corrected chi connectivity index (χ2v) is 9.01. The smallest absolute Gasteiger partial charge is 0.186 e. The molecule has 8 nitrogen and oxygen atoms in total. The highest BCUT2D eigenvalue weighted by Crippen LogP contribution is 2.37. The van der Waals surface area contributed by atoms with Crippen LogP contribution in [0.2, 0.25) is 0 Å². The summed E-state index contributed by atoms with van der Waals surface area (Å²) in [6, 6.07) is 0. The van der Waals surface area contributed by atoms with Crippen LogP contribution in [0.5, 0.6) is 0 Å². The summed E-state index contributed by atoms with van der Waals surface area (Å²) in [6.45, 7) is 8.18. The van der Waals surface area contributed by atoms with Crippen molar-refractivity contribution in [2.75, 3.05) is 35.5 Å². The largest absolute Gasteiger partial charge is 0.390 e. The second-order valence-electron chi connectivity index (χ2n) is 9.01. The van der Waals surface area contributed by atoms with Crippen molar-refractivity contribution in [3.63, 3.8) is 0 Å². The number of ether oxygens (including phenoxy) is 7. The molecule has 2 aliphatic heterocycles. The Bertz CT molecular complexity index is 634. The van der Waals surface area contributed by atoms with E-state index in [1.54, 1.807) is 35.5 Å². The molecule has 0 aliphatic carbocycles. The third kappa shape index (κ3) is 6.64. The van der Waals surface area contributed by atoms with Crippen LogP contribution in [0.1, 0.15) is 34.1 Å². The van der Waals surface area contributed by atoms with Gasteiger partial charge in [-0.1, -0.05) is 39.0 Å². The van der Waals surface area contributed by atoms with Crippen LogP contribution < -0.4 is 0 Å². The maximum absolute atomic E-state index is 10.8. The first-order chi connectivity index (χ1) is 15.8. The molecule has 0 aromatic carbocycles. The molecule has 0 amide bonds. The van der Waals surface area contributed by atoms with Gasteiger partial charge in [0.1, 0.15) is 30.5 Å². The summed E-state index contributed by atoms with van der Waals surface area (Å²) in [6.07, 6.45) is 4.20. The average molecular weight is 473 g/mol. The van der Waals surface area contributed by atoms with Crippen LogP contribution in [-0.4, -0.2) is 95.8 Å². The third-order valence-electron chi connectivity index (χ3n) is 7.01. The summed E-state index contributed by atoms with van der Waals surface area (Å²) >= 11 is 0. The van der Waals surface area contributed by atoms with Crippen molar-refractivity contribution in [3.05, 3.63) is 23.8 Å². The van der Waals surface area contributed by atoms with Gasteiger partial charge in [-0.15, -0.1) is 0 Å². The van der Waals surface area contributed by atoms with E-state index in [9.17, 15) is 5.11 Å². The van der Waals surface area contributed by atoms with Gasteiger partial charge >= 0.3 is 0 Å². The molecule has 0 aromatic heterocycles. The zero-order valence-corrected chi connectivity index (χ0v) is 21.6. The van der Waals surface area contributed by atoms with E-state index in [0.29, 0.717) is 0 Å². The lowest BCUT2D eigenvalue weighted by atomic mass is 9.91. The number of allylic oxidation sites excluding steroid dienone is 2. The molecule has 0 aromatic rings. The Balaban J connectivity index is 2.02. The van der Waals surface area contributed by atoms with E-state index in [4.69, 9.17) is 33.2 Å². The molecular formula is C25H44O8. The van der Waals surface area contributed by atoms with Gasteiger partial charge in [0.15, 0.2) is 6.29 Å². The van der Waals surface area contributed by atoms with E-state index in [2.05, 4.69) is 13.8 Å². The summed E-state index contributed by atoms with van der Waals surface area (Å²) in [7, 11) is 8.17. The molecule has 0 unspecified atom stereocenters. The van der Waals surface area contributed by atoms with E-state index in [0.717, 1.165) is 12.0 Å². The number of hydrogen-bond acceptors (Lipinski definition) is 8. The molecule has 11 atom stereocenters. The van der Waals surface area contributed by atoms with Gasteiger partial charge in [0.25, 0.3) is 0 Å². The average Bonchev–Trinajstić information content (AvgIpc) is 3.63. The van der Waals surface area contributed by atoms with Crippen molar-refractivity contribution in [2.24, 2.45) is 11.8 Å². The lowest BCUT2D eigenvalue weighted by Gasteiger charge is -2.44. The van der Waals surface area contributed by atoms with Gasteiger partial charge in [-0.3, -0.25) is 0 Å². The van der Waals surface area contributed by atoms with Crippen molar-refractivity contribution in [2.45, 2.75) is 89.2 Å². The highest BCUT2D eigenvalue weighted by atomic mass is 16.7. The minimum atomic E-state index is -0.576. The molecule has 1 N–H and O–H groups in total. The minimum Gasteiger partial charge on any atom is -0.390 e. The normalized spacial score (nSPS) is 36.5. The molecule has 0 bridgehead atoms. The Morgan fingerprint density at radius 2 is 1.55 bits per heavy atom. The van der Waals surface area contributed by atoms with Crippen molar-refractivity contribution >= 4 is 0 Å². The van der Waals surface area contributed by atoms with E-state index >= 15 is 0 Å². The van der Waals surface area contributed by atoms with E-state index < -0.39 is 18.5 Å². The Hall–Kier alpha value is -0.840. The van der Waals surface area contributed by atoms with Gasteiger partial charge in [-0.25, -0.2) is 0 Å². The van der Waals surface area contributed by atoms with E-state index in [-0.39, 0.29) is 48.5 Å².